The molecule has 0 aromatic rings. The van der Waals surface area contributed by atoms with Gasteiger partial charge in [-0.3, -0.25) is 4.79 Å². The van der Waals surface area contributed by atoms with E-state index in [9.17, 15) is 30.3 Å². The van der Waals surface area contributed by atoms with Gasteiger partial charge in [0.2, 0.25) is 5.91 Å². The number of nitrogens with one attached hydrogen (secondary N) is 1. The van der Waals surface area contributed by atoms with Gasteiger partial charge in [0.15, 0.2) is 6.29 Å². The molecule has 1 rings (SSSR count). The Bertz CT molecular complexity index is 1110. The second kappa shape index (κ2) is 43.1. The first kappa shape index (κ1) is 58.2. The molecule has 0 bridgehead atoms. The Labute approximate surface area is 380 Å². The minimum atomic E-state index is -1.57. The quantitative estimate of drug-likeness (QED) is 0.0262. The Balaban J connectivity index is 2.25. The first-order valence-electron chi connectivity index (χ1n) is 25.9. The summed E-state index contributed by atoms with van der Waals surface area (Å²) in [6.45, 7) is 3.65. The Morgan fingerprint density at radius 3 is 1.48 bits per heavy atom. The van der Waals surface area contributed by atoms with Crippen molar-refractivity contribution in [2.24, 2.45) is 0 Å². The van der Waals surface area contributed by atoms with Gasteiger partial charge in [0, 0.05) is 6.42 Å². The molecule has 0 aromatic heterocycles. The van der Waals surface area contributed by atoms with Crippen LogP contribution in [0.4, 0.5) is 0 Å². The molecule has 6 N–H and O–H groups in total. The summed E-state index contributed by atoms with van der Waals surface area (Å²) in [4.78, 5) is 12.9. The molecule has 362 valence electrons. The van der Waals surface area contributed by atoms with Gasteiger partial charge in [0.25, 0.3) is 0 Å². The number of aliphatic hydroxyl groups excluding tert-OH is 5. The molecule has 1 aliphatic rings. The maximum Gasteiger partial charge on any atom is 0.220 e. The van der Waals surface area contributed by atoms with Gasteiger partial charge in [-0.05, 0) is 51.4 Å². The van der Waals surface area contributed by atoms with E-state index in [1.165, 1.54) is 141 Å². The van der Waals surface area contributed by atoms with Gasteiger partial charge >= 0.3 is 0 Å². The van der Waals surface area contributed by atoms with Crippen molar-refractivity contribution < 1.29 is 39.8 Å². The fourth-order valence-electron chi connectivity index (χ4n) is 8.05. The summed E-state index contributed by atoms with van der Waals surface area (Å²) in [7, 11) is 0. The summed E-state index contributed by atoms with van der Waals surface area (Å²) in [6, 6.07) is -0.821. The molecule has 9 nitrogen and oxygen atoms in total. The molecular formula is C53H97NO8. The van der Waals surface area contributed by atoms with E-state index in [-0.39, 0.29) is 12.5 Å². The van der Waals surface area contributed by atoms with Gasteiger partial charge in [0.1, 0.15) is 24.4 Å². The van der Waals surface area contributed by atoms with E-state index in [1.54, 1.807) is 6.08 Å². The van der Waals surface area contributed by atoms with Gasteiger partial charge in [0.05, 0.1) is 25.4 Å². The lowest BCUT2D eigenvalue weighted by molar-refractivity contribution is -0.302. The molecule has 1 fully saturated rings. The molecule has 1 saturated heterocycles. The van der Waals surface area contributed by atoms with E-state index in [4.69, 9.17) is 9.47 Å². The smallest absolute Gasteiger partial charge is 0.220 e. The Kier molecular flexibility index (Phi) is 40.4. The zero-order valence-corrected chi connectivity index (χ0v) is 39.9. The number of amides is 1. The van der Waals surface area contributed by atoms with Crippen LogP contribution in [0.15, 0.2) is 48.6 Å². The van der Waals surface area contributed by atoms with Crippen molar-refractivity contribution in [3.05, 3.63) is 48.6 Å². The van der Waals surface area contributed by atoms with Crippen molar-refractivity contribution in [1.82, 2.24) is 5.32 Å². The predicted octanol–water partition coefficient (Wildman–Crippen LogP) is 11.8. The molecule has 1 heterocycles. The van der Waals surface area contributed by atoms with Crippen LogP contribution in [0.2, 0.25) is 0 Å². The summed E-state index contributed by atoms with van der Waals surface area (Å²) in [5.74, 6) is -0.206. The zero-order valence-electron chi connectivity index (χ0n) is 39.9. The average Bonchev–Trinajstić information content (AvgIpc) is 3.27. The largest absolute Gasteiger partial charge is 0.394 e. The Morgan fingerprint density at radius 1 is 0.565 bits per heavy atom. The van der Waals surface area contributed by atoms with Crippen molar-refractivity contribution in [3.8, 4) is 0 Å². The summed E-state index contributed by atoms with van der Waals surface area (Å²) >= 11 is 0. The van der Waals surface area contributed by atoms with E-state index in [0.29, 0.717) is 6.42 Å². The molecule has 0 aliphatic carbocycles. The zero-order chi connectivity index (χ0) is 45.1. The fourth-order valence-corrected chi connectivity index (χ4v) is 8.05. The maximum atomic E-state index is 12.9. The molecule has 0 spiro atoms. The topological polar surface area (TPSA) is 149 Å². The number of carbonyl (C=O) groups is 1. The van der Waals surface area contributed by atoms with Crippen molar-refractivity contribution in [3.63, 3.8) is 0 Å². The van der Waals surface area contributed by atoms with Crippen molar-refractivity contribution in [1.29, 1.82) is 0 Å². The van der Waals surface area contributed by atoms with Gasteiger partial charge < -0.3 is 40.3 Å². The summed E-state index contributed by atoms with van der Waals surface area (Å²) in [5.41, 5.74) is 0. The van der Waals surface area contributed by atoms with Crippen molar-refractivity contribution in [2.75, 3.05) is 13.2 Å². The molecule has 7 atom stereocenters. The number of hydrogen-bond donors (Lipinski definition) is 6. The molecule has 0 aromatic carbocycles. The van der Waals surface area contributed by atoms with E-state index in [2.05, 4.69) is 55.6 Å². The van der Waals surface area contributed by atoms with Gasteiger partial charge in [-0.2, -0.15) is 0 Å². The maximum absolute atomic E-state index is 12.9. The molecule has 1 aliphatic heterocycles. The minimum Gasteiger partial charge on any atom is -0.394 e. The van der Waals surface area contributed by atoms with Crippen molar-refractivity contribution in [2.45, 2.75) is 269 Å². The molecule has 9 heteroatoms. The average molecular weight is 876 g/mol. The highest BCUT2D eigenvalue weighted by atomic mass is 16.7. The van der Waals surface area contributed by atoms with Gasteiger partial charge in [-0.25, -0.2) is 0 Å². The second-order valence-corrected chi connectivity index (χ2v) is 17.9. The SMILES string of the molecule is CC/C=C\C/C=C\C/C=C\CCCCCC(=O)NC(COC1OC(CO)C(O)C(O)C1O)C(O)/C=C/CCCCCCCCCCCCCCCCCCCCCCCCCC. The van der Waals surface area contributed by atoms with E-state index < -0.39 is 49.5 Å². The van der Waals surface area contributed by atoms with Crippen LogP contribution >= 0.6 is 0 Å². The number of ether oxygens (including phenoxy) is 2. The third kappa shape index (κ3) is 32.8. The normalized spacial score (nSPS) is 20.7. The van der Waals surface area contributed by atoms with Crippen LogP contribution in [0.25, 0.3) is 0 Å². The van der Waals surface area contributed by atoms with Crippen molar-refractivity contribution >= 4 is 5.91 Å². The van der Waals surface area contributed by atoms with Gasteiger partial charge in [-0.1, -0.05) is 217 Å². The highest BCUT2D eigenvalue weighted by Gasteiger charge is 2.44. The number of aliphatic hydroxyl groups is 5. The lowest BCUT2D eigenvalue weighted by atomic mass is 9.99. The number of hydrogen-bond acceptors (Lipinski definition) is 8. The van der Waals surface area contributed by atoms with E-state index in [1.807, 2.05) is 6.08 Å². The molecule has 7 unspecified atom stereocenters. The Morgan fingerprint density at radius 2 is 1.00 bits per heavy atom. The second-order valence-electron chi connectivity index (χ2n) is 17.9. The van der Waals surface area contributed by atoms with E-state index in [0.717, 1.165) is 64.2 Å². The first-order valence-corrected chi connectivity index (χ1v) is 25.9. The highest BCUT2D eigenvalue weighted by Crippen LogP contribution is 2.23. The number of rotatable bonds is 43. The van der Waals surface area contributed by atoms with Crippen LogP contribution in [-0.4, -0.2) is 87.5 Å². The third-order valence-corrected chi connectivity index (χ3v) is 12.2. The van der Waals surface area contributed by atoms with Crippen LogP contribution in [0.1, 0.15) is 226 Å². The molecule has 1 amide bonds. The third-order valence-electron chi connectivity index (χ3n) is 12.2. The minimum absolute atomic E-state index is 0.201. The van der Waals surface area contributed by atoms with Crippen LogP contribution in [-0.2, 0) is 14.3 Å². The highest BCUT2D eigenvalue weighted by molar-refractivity contribution is 5.76. The van der Waals surface area contributed by atoms with Gasteiger partial charge in [-0.15, -0.1) is 0 Å². The summed E-state index contributed by atoms with van der Waals surface area (Å²) in [6.07, 6.45) is 48.9. The molecular weight excluding hydrogens is 779 g/mol. The fraction of sp³-hybridized carbons (Fsp3) is 0.830. The number of allylic oxidation sites excluding steroid dienone is 7. The first-order chi connectivity index (χ1) is 30.3. The van der Waals surface area contributed by atoms with Crippen LogP contribution in [0.5, 0.6) is 0 Å². The van der Waals surface area contributed by atoms with Crippen LogP contribution in [0, 0.1) is 0 Å². The lowest BCUT2D eigenvalue weighted by Crippen LogP contribution is -2.60. The Hall–Kier alpha value is -1.85. The summed E-state index contributed by atoms with van der Waals surface area (Å²) in [5, 5.41) is 54.3. The lowest BCUT2D eigenvalue weighted by Gasteiger charge is -2.40. The number of unbranched alkanes of at least 4 members (excludes halogenated alkanes) is 27. The predicted molar refractivity (Wildman–Crippen MR) is 258 cm³/mol. The molecule has 62 heavy (non-hydrogen) atoms. The van der Waals surface area contributed by atoms with Crippen LogP contribution in [0.3, 0.4) is 0 Å². The summed E-state index contributed by atoms with van der Waals surface area (Å²) < 4.78 is 11.2. The monoisotopic (exact) mass is 876 g/mol. The van der Waals surface area contributed by atoms with Crippen LogP contribution < -0.4 is 5.32 Å². The molecule has 0 radical (unpaired) electrons. The van der Waals surface area contributed by atoms with E-state index >= 15 is 0 Å². The number of carbonyl (C=O) groups excluding carboxylic acids is 1. The molecule has 0 saturated carbocycles. The standard InChI is InChI=1S/C53H97NO8/c1-3-5-7-9-11-13-15-17-18-19-20-21-22-23-24-25-26-27-28-29-31-32-34-36-38-40-42-47(56)46(45-61-53-52(60)51(59)50(58)48(44-55)62-53)54-49(57)43-41-39-37-35-33-30-16-14-12-10-8-6-4-2/h6,8,12,14,30,33,40,42,46-48,50-53,55-56,58-60H,3-5,7,9-11,13,15-29,31-32,34-39,41,43-45H2,1-2H3,(H,54,57)/b8-6-,14-12-,33-30-,42-40+.